The summed E-state index contributed by atoms with van der Waals surface area (Å²) in [5.74, 6) is -0.0915. The van der Waals surface area contributed by atoms with Crippen LogP contribution in [0.15, 0.2) is 36.4 Å². The molecule has 1 heterocycles. The van der Waals surface area contributed by atoms with Gasteiger partial charge in [-0.3, -0.25) is 4.79 Å². The molecule has 1 aromatic heterocycles. The second kappa shape index (κ2) is 6.59. The molecule has 0 saturated heterocycles. The summed E-state index contributed by atoms with van der Waals surface area (Å²) in [6.07, 6.45) is 0.559. The highest BCUT2D eigenvalue weighted by Crippen LogP contribution is 2.20. The van der Waals surface area contributed by atoms with Crippen LogP contribution in [0.25, 0.3) is 5.69 Å². The number of rotatable bonds is 5. The van der Waals surface area contributed by atoms with E-state index in [0.717, 1.165) is 17.1 Å². The van der Waals surface area contributed by atoms with Crippen molar-refractivity contribution in [3.63, 3.8) is 0 Å². The average molecular weight is 286 g/mol. The maximum atomic E-state index is 12.3. The largest absolute Gasteiger partial charge is 0.396 e. The number of hydrogen-bond acceptors (Lipinski definition) is 2. The topological polar surface area (TPSA) is 54.3 Å². The molecule has 112 valence electrons. The summed E-state index contributed by atoms with van der Waals surface area (Å²) in [5.41, 5.74) is 3.68. The van der Waals surface area contributed by atoms with Gasteiger partial charge in [-0.25, -0.2) is 0 Å². The third-order valence-corrected chi connectivity index (χ3v) is 3.63. The van der Waals surface area contributed by atoms with E-state index >= 15 is 0 Å². The van der Waals surface area contributed by atoms with Crippen molar-refractivity contribution in [3.05, 3.63) is 53.3 Å². The molecule has 2 N–H and O–H groups in total. The number of nitrogens with zero attached hydrogens (tertiary/aromatic N) is 1. The Hall–Kier alpha value is -2.07. The number of para-hydroxylation sites is 1. The van der Waals surface area contributed by atoms with E-state index in [1.165, 1.54) is 0 Å². The Bertz CT molecular complexity index is 617. The standard InChI is InChI=1S/C17H22N2O2/c1-12(9-10-20)18-17(21)16-11-13(2)19(14(16)3)15-7-5-4-6-8-15/h4-8,11-12,20H,9-10H2,1-3H3,(H,18,21). The molecule has 2 aromatic rings. The molecule has 1 unspecified atom stereocenters. The number of aliphatic hydroxyl groups is 1. The lowest BCUT2D eigenvalue weighted by atomic mass is 10.2. The smallest absolute Gasteiger partial charge is 0.253 e. The third kappa shape index (κ3) is 3.34. The molecule has 0 bridgehead atoms. The summed E-state index contributed by atoms with van der Waals surface area (Å²) in [5, 5.41) is 11.8. The van der Waals surface area contributed by atoms with Crippen molar-refractivity contribution < 1.29 is 9.90 Å². The molecule has 0 radical (unpaired) electrons. The summed E-state index contributed by atoms with van der Waals surface area (Å²) in [6.45, 7) is 5.91. The predicted octanol–water partition coefficient (Wildman–Crippen LogP) is 2.59. The zero-order valence-corrected chi connectivity index (χ0v) is 12.8. The molecule has 0 saturated carbocycles. The van der Waals surface area contributed by atoms with Crippen LogP contribution in [0.5, 0.6) is 0 Å². The van der Waals surface area contributed by atoms with Crippen LogP contribution in [0.4, 0.5) is 0 Å². The van der Waals surface area contributed by atoms with Crippen molar-refractivity contribution in [1.82, 2.24) is 9.88 Å². The first-order valence-electron chi connectivity index (χ1n) is 7.20. The summed E-state index contributed by atoms with van der Waals surface area (Å²) in [6, 6.07) is 11.9. The minimum atomic E-state index is -0.0915. The zero-order valence-electron chi connectivity index (χ0n) is 12.8. The molecule has 0 aliphatic heterocycles. The Balaban J connectivity index is 2.29. The molecular weight excluding hydrogens is 264 g/mol. The van der Waals surface area contributed by atoms with Gasteiger partial charge < -0.3 is 15.0 Å². The Kier molecular flexibility index (Phi) is 4.81. The molecule has 2 rings (SSSR count). The number of aryl methyl sites for hydroxylation is 1. The lowest BCUT2D eigenvalue weighted by Gasteiger charge is -2.13. The van der Waals surface area contributed by atoms with E-state index in [1.54, 1.807) is 0 Å². The van der Waals surface area contributed by atoms with Crippen LogP contribution in [-0.4, -0.2) is 28.2 Å². The van der Waals surface area contributed by atoms with Gasteiger partial charge >= 0.3 is 0 Å². The Morgan fingerprint density at radius 2 is 1.95 bits per heavy atom. The van der Waals surface area contributed by atoms with Crippen LogP contribution in [0.3, 0.4) is 0 Å². The van der Waals surface area contributed by atoms with Gasteiger partial charge in [-0.15, -0.1) is 0 Å². The maximum absolute atomic E-state index is 12.3. The molecule has 0 aliphatic carbocycles. The fourth-order valence-corrected chi connectivity index (χ4v) is 2.53. The van der Waals surface area contributed by atoms with Crippen molar-refractivity contribution in [1.29, 1.82) is 0 Å². The number of carbonyl (C=O) groups excluding carboxylic acids is 1. The van der Waals surface area contributed by atoms with E-state index in [9.17, 15) is 4.79 Å². The highest BCUT2D eigenvalue weighted by molar-refractivity contribution is 5.96. The molecule has 4 nitrogen and oxygen atoms in total. The number of nitrogens with one attached hydrogen (secondary N) is 1. The summed E-state index contributed by atoms with van der Waals surface area (Å²) in [7, 11) is 0. The number of amides is 1. The van der Waals surface area contributed by atoms with Gasteiger partial charge in [0.15, 0.2) is 0 Å². The molecule has 4 heteroatoms. The van der Waals surface area contributed by atoms with Crippen molar-refractivity contribution in [2.24, 2.45) is 0 Å². The van der Waals surface area contributed by atoms with Gasteiger partial charge in [0.05, 0.1) is 5.56 Å². The Labute approximate surface area is 125 Å². The van der Waals surface area contributed by atoms with E-state index in [4.69, 9.17) is 5.11 Å². The molecule has 1 amide bonds. The van der Waals surface area contributed by atoms with E-state index in [-0.39, 0.29) is 18.6 Å². The second-order valence-electron chi connectivity index (χ2n) is 5.34. The molecule has 1 atom stereocenters. The van der Waals surface area contributed by atoms with Crippen molar-refractivity contribution in [2.75, 3.05) is 6.61 Å². The second-order valence-corrected chi connectivity index (χ2v) is 5.34. The summed E-state index contributed by atoms with van der Waals surface area (Å²) in [4.78, 5) is 12.3. The summed E-state index contributed by atoms with van der Waals surface area (Å²) < 4.78 is 2.08. The van der Waals surface area contributed by atoms with Gasteiger partial charge in [0.2, 0.25) is 0 Å². The summed E-state index contributed by atoms with van der Waals surface area (Å²) >= 11 is 0. The van der Waals surface area contributed by atoms with E-state index < -0.39 is 0 Å². The maximum Gasteiger partial charge on any atom is 0.253 e. The molecule has 0 fully saturated rings. The number of aromatic nitrogens is 1. The first-order valence-corrected chi connectivity index (χ1v) is 7.20. The number of hydrogen-bond donors (Lipinski definition) is 2. The first kappa shape index (κ1) is 15.3. The molecule has 0 spiro atoms. The monoisotopic (exact) mass is 286 g/mol. The van der Waals surface area contributed by atoms with Crippen LogP contribution < -0.4 is 5.32 Å². The van der Waals surface area contributed by atoms with Crippen molar-refractivity contribution >= 4 is 5.91 Å². The van der Waals surface area contributed by atoms with Crippen LogP contribution in [0.2, 0.25) is 0 Å². The molecule has 21 heavy (non-hydrogen) atoms. The van der Waals surface area contributed by atoms with Gasteiger partial charge in [-0.05, 0) is 45.4 Å². The van der Waals surface area contributed by atoms with Crippen LogP contribution in [0.1, 0.15) is 35.1 Å². The predicted molar refractivity (Wildman–Crippen MR) is 83.9 cm³/mol. The highest BCUT2D eigenvalue weighted by Gasteiger charge is 2.17. The van der Waals surface area contributed by atoms with Crippen LogP contribution >= 0.6 is 0 Å². The van der Waals surface area contributed by atoms with Crippen LogP contribution in [-0.2, 0) is 0 Å². The Morgan fingerprint density at radius 1 is 1.29 bits per heavy atom. The van der Waals surface area contributed by atoms with Crippen LogP contribution in [0, 0.1) is 13.8 Å². The van der Waals surface area contributed by atoms with E-state index in [1.807, 2.05) is 57.2 Å². The average Bonchev–Trinajstić information content (AvgIpc) is 2.75. The molecular formula is C17H22N2O2. The van der Waals surface area contributed by atoms with Crippen molar-refractivity contribution in [2.45, 2.75) is 33.2 Å². The SMILES string of the molecule is Cc1cc(C(=O)NC(C)CCO)c(C)n1-c1ccccc1. The van der Waals surface area contributed by atoms with Gasteiger partial charge in [0, 0.05) is 29.7 Å². The molecule has 0 aliphatic rings. The number of aliphatic hydroxyl groups excluding tert-OH is 1. The van der Waals surface area contributed by atoms with Gasteiger partial charge in [0.1, 0.15) is 0 Å². The van der Waals surface area contributed by atoms with Gasteiger partial charge in [-0.1, -0.05) is 18.2 Å². The quantitative estimate of drug-likeness (QED) is 0.887. The van der Waals surface area contributed by atoms with Crippen molar-refractivity contribution in [3.8, 4) is 5.69 Å². The fraction of sp³-hybridized carbons (Fsp3) is 0.353. The lowest BCUT2D eigenvalue weighted by molar-refractivity contribution is 0.0934. The lowest BCUT2D eigenvalue weighted by Crippen LogP contribution is -2.33. The van der Waals surface area contributed by atoms with E-state index in [0.29, 0.717) is 12.0 Å². The minimum absolute atomic E-state index is 0.0396. The van der Waals surface area contributed by atoms with Gasteiger partial charge in [-0.2, -0.15) is 0 Å². The minimum Gasteiger partial charge on any atom is -0.396 e. The first-order chi connectivity index (χ1) is 10.0. The fourth-order valence-electron chi connectivity index (χ4n) is 2.53. The van der Waals surface area contributed by atoms with E-state index in [2.05, 4.69) is 9.88 Å². The normalized spacial score (nSPS) is 12.2. The third-order valence-electron chi connectivity index (χ3n) is 3.63. The number of benzene rings is 1. The number of carbonyl (C=O) groups is 1. The highest BCUT2D eigenvalue weighted by atomic mass is 16.3. The Morgan fingerprint density at radius 3 is 2.57 bits per heavy atom. The van der Waals surface area contributed by atoms with Gasteiger partial charge in [0.25, 0.3) is 5.91 Å². The zero-order chi connectivity index (χ0) is 15.4. The molecule has 1 aromatic carbocycles.